The van der Waals surface area contributed by atoms with E-state index in [-0.39, 0.29) is 0 Å². The fraction of sp³-hybridized carbons (Fsp3) is 0.500. The second-order valence-corrected chi connectivity index (χ2v) is 6.21. The molecular weight excluding hydrogens is 308 g/mol. The molecule has 2 nitrogen and oxygen atoms in total. The van der Waals surface area contributed by atoms with E-state index in [2.05, 4.69) is 39.9 Å². The number of thiocarbonyl (C=S) groups is 1. The van der Waals surface area contributed by atoms with Crippen LogP contribution in [0.1, 0.15) is 38.2 Å². The van der Waals surface area contributed by atoms with Crippen molar-refractivity contribution in [1.29, 1.82) is 0 Å². The smallest absolute Gasteiger partial charge is 0.105 e. The van der Waals surface area contributed by atoms with Crippen molar-refractivity contribution in [3.05, 3.63) is 28.2 Å². The second-order valence-electron chi connectivity index (χ2n) is 4.92. The summed E-state index contributed by atoms with van der Waals surface area (Å²) in [4.78, 5) is 2.93. The van der Waals surface area contributed by atoms with Gasteiger partial charge in [-0.15, -0.1) is 0 Å². The zero-order valence-corrected chi connectivity index (χ0v) is 13.1. The first-order valence-corrected chi connectivity index (χ1v) is 7.65. The predicted octanol–water partition coefficient (Wildman–Crippen LogP) is 3.85. The van der Waals surface area contributed by atoms with E-state index in [0.29, 0.717) is 11.0 Å². The van der Waals surface area contributed by atoms with Crippen LogP contribution >= 0.6 is 28.1 Å². The van der Waals surface area contributed by atoms with Gasteiger partial charge in [-0.2, -0.15) is 0 Å². The summed E-state index contributed by atoms with van der Waals surface area (Å²) in [5.41, 5.74) is 7.86. The Labute approximate surface area is 123 Å². The summed E-state index contributed by atoms with van der Waals surface area (Å²) in [6.45, 7) is 3.45. The van der Waals surface area contributed by atoms with Gasteiger partial charge in [-0.25, -0.2) is 0 Å². The molecule has 2 N–H and O–H groups in total. The topological polar surface area (TPSA) is 29.3 Å². The number of nitrogens with two attached hydrogens (primary N) is 1. The lowest BCUT2D eigenvalue weighted by Crippen LogP contribution is -2.32. The lowest BCUT2D eigenvalue weighted by molar-refractivity contribution is 0.616. The maximum atomic E-state index is 5.68. The van der Waals surface area contributed by atoms with Crippen LogP contribution in [0.4, 0.5) is 5.69 Å². The van der Waals surface area contributed by atoms with Crippen molar-refractivity contribution >= 4 is 38.8 Å². The molecule has 0 amide bonds. The Bertz CT molecular complexity index is 447. The van der Waals surface area contributed by atoms with Gasteiger partial charge < -0.3 is 10.6 Å². The van der Waals surface area contributed by atoms with E-state index in [1.54, 1.807) is 0 Å². The van der Waals surface area contributed by atoms with E-state index in [4.69, 9.17) is 18.0 Å². The third-order valence-corrected chi connectivity index (χ3v) is 4.48. The summed E-state index contributed by atoms with van der Waals surface area (Å²) in [7, 11) is 0. The molecule has 4 heteroatoms. The van der Waals surface area contributed by atoms with Gasteiger partial charge in [0, 0.05) is 28.3 Å². The van der Waals surface area contributed by atoms with Crippen molar-refractivity contribution in [2.24, 2.45) is 5.73 Å². The first-order valence-electron chi connectivity index (χ1n) is 6.45. The van der Waals surface area contributed by atoms with Crippen molar-refractivity contribution in [1.82, 2.24) is 0 Å². The molecular formula is C14H19BrN2S. The molecule has 0 bridgehead atoms. The third kappa shape index (κ3) is 3.04. The molecule has 2 rings (SSSR count). The molecule has 1 unspecified atom stereocenters. The van der Waals surface area contributed by atoms with Gasteiger partial charge in [0.25, 0.3) is 0 Å². The predicted molar refractivity (Wildman–Crippen MR) is 85.3 cm³/mol. The first kappa shape index (κ1) is 13.8. The van der Waals surface area contributed by atoms with Crippen molar-refractivity contribution in [2.75, 3.05) is 11.4 Å². The fourth-order valence-electron chi connectivity index (χ4n) is 2.54. The fourth-order valence-corrected chi connectivity index (χ4v) is 3.43. The number of hydrogen-bond donors (Lipinski definition) is 1. The Morgan fingerprint density at radius 3 is 2.83 bits per heavy atom. The van der Waals surface area contributed by atoms with Crippen LogP contribution in [0.15, 0.2) is 22.7 Å². The molecule has 1 fully saturated rings. The molecule has 1 aromatic carbocycles. The van der Waals surface area contributed by atoms with Crippen LogP contribution in [-0.4, -0.2) is 17.6 Å². The van der Waals surface area contributed by atoms with Crippen LogP contribution in [0, 0.1) is 0 Å². The largest absolute Gasteiger partial charge is 0.389 e. The third-order valence-electron chi connectivity index (χ3n) is 3.60. The van der Waals surface area contributed by atoms with Crippen LogP contribution < -0.4 is 10.6 Å². The normalized spacial score (nSPS) is 20.6. The van der Waals surface area contributed by atoms with Crippen LogP contribution in [0.5, 0.6) is 0 Å². The lowest BCUT2D eigenvalue weighted by Gasteiger charge is -2.29. The van der Waals surface area contributed by atoms with Gasteiger partial charge in [-0.3, -0.25) is 0 Å². The van der Waals surface area contributed by atoms with Gasteiger partial charge >= 0.3 is 0 Å². The van der Waals surface area contributed by atoms with Gasteiger partial charge in [-0.05, 0) is 53.9 Å². The molecule has 1 atom stereocenters. The van der Waals surface area contributed by atoms with Gasteiger partial charge in [0.1, 0.15) is 4.99 Å². The number of hydrogen-bond acceptors (Lipinski definition) is 2. The zero-order chi connectivity index (χ0) is 13.1. The maximum absolute atomic E-state index is 5.68. The number of benzene rings is 1. The zero-order valence-electron chi connectivity index (χ0n) is 10.7. The van der Waals surface area contributed by atoms with Gasteiger partial charge in [0.05, 0.1) is 0 Å². The highest BCUT2D eigenvalue weighted by atomic mass is 79.9. The molecule has 1 heterocycles. The minimum absolute atomic E-state index is 0.442. The molecule has 1 aliphatic rings. The number of halogens is 1. The standard InChI is InChI=1S/C14H19BrN2S/c1-10-5-3-2-4-8-17(10)11-6-7-12(14(16)18)13(15)9-11/h6-7,9-10H,2-5,8H2,1H3,(H2,16,18). The highest BCUT2D eigenvalue weighted by Crippen LogP contribution is 2.28. The molecule has 0 aromatic heterocycles. The maximum Gasteiger partial charge on any atom is 0.105 e. The molecule has 98 valence electrons. The first-order chi connectivity index (χ1) is 8.59. The Kier molecular flexibility index (Phi) is 4.62. The SMILES string of the molecule is CC1CCCCCN1c1ccc(C(N)=S)c(Br)c1. The van der Waals surface area contributed by atoms with Gasteiger partial charge in [0.2, 0.25) is 0 Å². The Balaban J connectivity index is 2.27. The van der Waals surface area contributed by atoms with Crippen LogP contribution in [0.3, 0.4) is 0 Å². The Morgan fingerprint density at radius 1 is 1.39 bits per heavy atom. The summed E-state index contributed by atoms with van der Waals surface area (Å²) in [6, 6.07) is 6.88. The quantitative estimate of drug-likeness (QED) is 0.837. The Hall–Kier alpha value is -0.610. The molecule has 0 spiro atoms. The highest BCUT2D eigenvalue weighted by Gasteiger charge is 2.18. The van der Waals surface area contributed by atoms with Crippen molar-refractivity contribution in [2.45, 2.75) is 38.6 Å². The highest BCUT2D eigenvalue weighted by molar-refractivity contribution is 9.10. The van der Waals surface area contributed by atoms with Crippen molar-refractivity contribution < 1.29 is 0 Å². The van der Waals surface area contributed by atoms with E-state index >= 15 is 0 Å². The van der Waals surface area contributed by atoms with Gasteiger partial charge in [0.15, 0.2) is 0 Å². The van der Waals surface area contributed by atoms with E-state index in [1.807, 2.05) is 6.07 Å². The summed E-state index contributed by atoms with van der Waals surface area (Å²) >= 11 is 8.59. The lowest BCUT2D eigenvalue weighted by atomic mass is 10.1. The number of rotatable bonds is 2. The van der Waals surface area contributed by atoms with Crippen LogP contribution in [0.2, 0.25) is 0 Å². The minimum atomic E-state index is 0.442. The summed E-state index contributed by atoms with van der Waals surface area (Å²) < 4.78 is 0.990. The monoisotopic (exact) mass is 326 g/mol. The number of nitrogens with zero attached hydrogens (tertiary/aromatic N) is 1. The molecule has 0 radical (unpaired) electrons. The van der Waals surface area contributed by atoms with E-state index in [0.717, 1.165) is 16.6 Å². The van der Waals surface area contributed by atoms with Crippen LogP contribution in [-0.2, 0) is 0 Å². The molecule has 1 aromatic rings. The summed E-state index contributed by atoms with van der Waals surface area (Å²) in [5.74, 6) is 0. The molecule has 0 aliphatic carbocycles. The van der Waals surface area contributed by atoms with Crippen LogP contribution in [0.25, 0.3) is 0 Å². The van der Waals surface area contributed by atoms with Crippen molar-refractivity contribution in [3.8, 4) is 0 Å². The van der Waals surface area contributed by atoms with E-state index in [9.17, 15) is 0 Å². The number of anilines is 1. The van der Waals surface area contributed by atoms with E-state index in [1.165, 1.54) is 31.4 Å². The van der Waals surface area contributed by atoms with Gasteiger partial charge in [-0.1, -0.05) is 25.1 Å². The average molecular weight is 327 g/mol. The molecule has 1 saturated heterocycles. The second kappa shape index (κ2) is 6.02. The average Bonchev–Trinajstić information content (AvgIpc) is 2.53. The molecule has 18 heavy (non-hydrogen) atoms. The minimum Gasteiger partial charge on any atom is -0.389 e. The molecule has 1 aliphatic heterocycles. The molecule has 0 saturated carbocycles. The summed E-state index contributed by atoms with van der Waals surface area (Å²) in [6.07, 6.45) is 5.23. The van der Waals surface area contributed by atoms with E-state index < -0.39 is 0 Å². The van der Waals surface area contributed by atoms with Crippen molar-refractivity contribution in [3.63, 3.8) is 0 Å². The Morgan fingerprint density at radius 2 is 2.17 bits per heavy atom. The summed E-state index contributed by atoms with van der Waals surface area (Å²) in [5, 5.41) is 0.